The Morgan fingerprint density at radius 1 is 1.46 bits per heavy atom. The highest BCUT2D eigenvalue weighted by atomic mass is 32.2. The van der Waals surface area contributed by atoms with E-state index in [1.807, 2.05) is 0 Å². The number of nitro groups is 2. The topological polar surface area (TPSA) is 103 Å². The standard InChI is InChI=1S/C4H5FN2O5S/c1-3(8)13-2-4(5,6(9)10)7(11)12/h2H2,1H3. The lowest BCUT2D eigenvalue weighted by Gasteiger charge is -2.05. The minimum absolute atomic E-state index is 0.198. The fraction of sp³-hybridized carbons (Fsp3) is 0.750. The van der Waals surface area contributed by atoms with Crippen LogP contribution < -0.4 is 0 Å². The summed E-state index contributed by atoms with van der Waals surface area (Å²) in [7, 11) is 0. The van der Waals surface area contributed by atoms with Crippen molar-refractivity contribution in [3.8, 4) is 0 Å². The molecular weight excluding hydrogens is 207 g/mol. The Bertz CT molecular complexity index is 243. The summed E-state index contributed by atoms with van der Waals surface area (Å²) in [6, 6.07) is 0. The Morgan fingerprint density at radius 2 is 1.85 bits per heavy atom. The molecule has 0 unspecified atom stereocenters. The highest BCUT2D eigenvalue weighted by Gasteiger charge is 2.58. The van der Waals surface area contributed by atoms with Gasteiger partial charge in [0.15, 0.2) is 10.9 Å². The first-order valence-electron chi connectivity index (χ1n) is 2.92. The predicted molar refractivity (Wildman–Crippen MR) is 41.0 cm³/mol. The minimum atomic E-state index is -3.78. The summed E-state index contributed by atoms with van der Waals surface area (Å²) in [6.07, 6.45) is 0. The molecule has 0 bridgehead atoms. The molecule has 0 fully saturated rings. The van der Waals surface area contributed by atoms with Crippen LogP contribution in [0.3, 0.4) is 0 Å². The maximum Gasteiger partial charge on any atom is 0.623 e. The fourth-order valence-corrected chi connectivity index (χ4v) is 0.963. The van der Waals surface area contributed by atoms with Gasteiger partial charge >= 0.3 is 5.92 Å². The van der Waals surface area contributed by atoms with Gasteiger partial charge in [0.05, 0.1) is 0 Å². The van der Waals surface area contributed by atoms with Crippen LogP contribution in [-0.4, -0.2) is 26.6 Å². The molecule has 0 heterocycles. The molecule has 0 atom stereocenters. The lowest BCUT2D eigenvalue weighted by Crippen LogP contribution is -2.44. The average molecular weight is 212 g/mol. The minimum Gasteiger partial charge on any atom is -0.288 e. The third kappa shape index (κ3) is 2.93. The summed E-state index contributed by atoms with van der Waals surface area (Å²) in [6.45, 7) is 1.03. The number of alkyl halides is 1. The van der Waals surface area contributed by atoms with Crippen molar-refractivity contribution in [1.82, 2.24) is 0 Å². The summed E-state index contributed by atoms with van der Waals surface area (Å²) in [5.41, 5.74) is 0. The molecule has 0 aliphatic carbocycles. The van der Waals surface area contributed by atoms with Crippen LogP contribution in [0.15, 0.2) is 0 Å². The third-order valence-corrected chi connectivity index (χ3v) is 1.94. The molecule has 0 aliphatic rings. The van der Waals surface area contributed by atoms with Gasteiger partial charge in [-0.3, -0.25) is 25.0 Å². The Labute approximate surface area is 75.6 Å². The molecule has 9 heteroatoms. The van der Waals surface area contributed by atoms with Crippen molar-refractivity contribution in [1.29, 1.82) is 0 Å². The SMILES string of the molecule is CC(=O)SCC(F)([N+](=O)[O-])[N+](=O)[O-]. The highest BCUT2D eigenvalue weighted by Crippen LogP contribution is 2.19. The van der Waals surface area contributed by atoms with Crippen molar-refractivity contribution in [2.75, 3.05) is 5.75 Å². The average Bonchev–Trinajstić information content (AvgIpc) is 1.99. The fourth-order valence-electron chi connectivity index (χ4n) is 0.366. The van der Waals surface area contributed by atoms with Gasteiger partial charge in [-0.25, -0.2) is 0 Å². The van der Waals surface area contributed by atoms with Crippen LogP contribution in [0.4, 0.5) is 4.39 Å². The van der Waals surface area contributed by atoms with Gasteiger partial charge in [-0.2, -0.15) is 0 Å². The summed E-state index contributed by atoms with van der Waals surface area (Å²) < 4.78 is 12.8. The number of nitrogens with zero attached hydrogens (tertiary/aromatic N) is 2. The number of thioether (sulfide) groups is 1. The van der Waals surface area contributed by atoms with Crippen molar-refractivity contribution >= 4 is 16.9 Å². The van der Waals surface area contributed by atoms with Gasteiger partial charge in [0.2, 0.25) is 0 Å². The second kappa shape index (κ2) is 4.12. The van der Waals surface area contributed by atoms with E-state index in [1.54, 1.807) is 0 Å². The highest BCUT2D eigenvalue weighted by molar-refractivity contribution is 8.13. The lowest BCUT2D eigenvalue weighted by molar-refractivity contribution is -0.824. The van der Waals surface area contributed by atoms with Crippen LogP contribution in [0.2, 0.25) is 0 Å². The second-order valence-electron chi connectivity index (χ2n) is 2.01. The Hall–Kier alpha value is -1.25. The molecule has 0 spiro atoms. The van der Waals surface area contributed by atoms with Gasteiger partial charge in [0.25, 0.3) is 0 Å². The van der Waals surface area contributed by atoms with E-state index in [0.717, 1.165) is 6.92 Å². The second-order valence-corrected chi connectivity index (χ2v) is 3.17. The van der Waals surface area contributed by atoms with E-state index in [-0.39, 0.29) is 11.8 Å². The number of halogens is 1. The monoisotopic (exact) mass is 212 g/mol. The molecule has 0 rings (SSSR count). The molecule has 0 aromatic carbocycles. The van der Waals surface area contributed by atoms with Crippen LogP contribution in [-0.2, 0) is 4.79 Å². The van der Waals surface area contributed by atoms with Crippen molar-refractivity contribution in [3.63, 3.8) is 0 Å². The first kappa shape index (κ1) is 11.8. The van der Waals surface area contributed by atoms with Gasteiger partial charge < -0.3 is 0 Å². The summed E-state index contributed by atoms with van der Waals surface area (Å²) in [5, 5.41) is 19.3. The van der Waals surface area contributed by atoms with E-state index in [2.05, 4.69) is 0 Å². The largest absolute Gasteiger partial charge is 0.623 e. The zero-order chi connectivity index (χ0) is 10.6. The Morgan fingerprint density at radius 3 is 2.08 bits per heavy atom. The Balaban J connectivity index is 4.52. The number of carbonyl (C=O) groups excluding carboxylic acids is 1. The van der Waals surface area contributed by atoms with Gasteiger partial charge in [0.1, 0.15) is 9.85 Å². The predicted octanol–water partition coefficient (Wildman–Crippen LogP) is 0.443. The van der Waals surface area contributed by atoms with E-state index >= 15 is 0 Å². The van der Waals surface area contributed by atoms with E-state index in [1.165, 1.54) is 0 Å². The molecule has 74 valence electrons. The Kier molecular flexibility index (Phi) is 3.72. The maximum absolute atomic E-state index is 12.8. The number of hydrogen-bond donors (Lipinski definition) is 0. The maximum atomic E-state index is 12.8. The van der Waals surface area contributed by atoms with Crippen LogP contribution in [0.1, 0.15) is 6.92 Å². The third-order valence-electron chi connectivity index (χ3n) is 1.02. The molecule has 0 aromatic rings. The van der Waals surface area contributed by atoms with Crippen molar-refractivity contribution in [3.05, 3.63) is 20.2 Å². The van der Waals surface area contributed by atoms with Gasteiger partial charge in [-0.15, -0.1) is 0 Å². The molecule has 0 aromatic heterocycles. The normalized spacial score (nSPS) is 10.9. The quantitative estimate of drug-likeness (QED) is 0.290. The molecule has 7 nitrogen and oxygen atoms in total. The van der Waals surface area contributed by atoms with Gasteiger partial charge in [-0.1, -0.05) is 16.2 Å². The first-order chi connectivity index (χ1) is 5.80. The van der Waals surface area contributed by atoms with Crippen molar-refractivity contribution in [2.24, 2.45) is 0 Å². The van der Waals surface area contributed by atoms with Gasteiger partial charge in [-0.05, 0) is 0 Å². The smallest absolute Gasteiger partial charge is 0.288 e. The summed E-state index contributed by atoms with van der Waals surface area (Å²) in [4.78, 5) is 26.8. The van der Waals surface area contributed by atoms with Crippen LogP contribution in [0.25, 0.3) is 0 Å². The van der Waals surface area contributed by atoms with E-state index in [0.29, 0.717) is 0 Å². The zero-order valence-electron chi connectivity index (χ0n) is 6.43. The summed E-state index contributed by atoms with van der Waals surface area (Å²) in [5.74, 6) is -4.90. The summed E-state index contributed by atoms with van der Waals surface area (Å²) >= 11 is 0.198. The lowest BCUT2D eigenvalue weighted by atomic mass is 10.6. The van der Waals surface area contributed by atoms with Crippen LogP contribution in [0.5, 0.6) is 0 Å². The molecular formula is C4H5FN2O5S. The van der Waals surface area contributed by atoms with Gasteiger partial charge in [0, 0.05) is 6.92 Å². The zero-order valence-corrected chi connectivity index (χ0v) is 7.25. The molecule has 0 aliphatic heterocycles. The van der Waals surface area contributed by atoms with E-state index in [4.69, 9.17) is 0 Å². The molecule has 0 amide bonds. The van der Waals surface area contributed by atoms with Crippen LogP contribution >= 0.6 is 11.8 Å². The number of rotatable bonds is 4. The van der Waals surface area contributed by atoms with Crippen molar-refractivity contribution < 1.29 is 19.0 Å². The molecule has 0 N–H and O–H groups in total. The number of carbonyl (C=O) groups is 1. The molecule has 13 heavy (non-hydrogen) atoms. The van der Waals surface area contributed by atoms with E-state index in [9.17, 15) is 29.4 Å². The molecule has 0 saturated carbocycles. The molecule has 0 radical (unpaired) electrons. The number of hydrogen-bond acceptors (Lipinski definition) is 6. The first-order valence-corrected chi connectivity index (χ1v) is 3.90. The van der Waals surface area contributed by atoms with Crippen LogP contribution in [0, 0.1) is 20.2 Å². The van der Waals surface area contributed by atoms with E-state index < -0.39 is 26.6 Å². The van der Waals surface area contributed by atoms with Crippen molar-refractivity contribution in [2.45, 2.75) is 12.8 Å². The molecule has 0 saturated heterocycles.